The third-order valence-electron chi connectivity index (χ3n) is 6.22. The summed E-state index contributed by atoms with van der Waals surface area (Å²) in [5, 5.41) is 0.673. The Kier molecular flexibility index (Phi) is 7.92. The maximum absolute atomic E-state index is 12.8. The van der Waals surface area contributed by atoms with Gasteiger partial charge in [-0.3, -0.25) is 0 Å². The molecule has 1 aromatic carbocycles. The van der Waals surface area contributed by atoms with Gasteiger partial charge in [0, 0.05) is 37.8 Å². The van der Waals surface area contributed by atoms with Crippen LogP contribution in [0.1, 0.15) is 44.5 Å². The Hall–Kier alpha value is -3.01. The van der Waals surface area contributed by atoms with Gasteiger partial charge in [-0.1, -0.05) is 42.1 Å². The summed E-state index contributed by atoms with van der Waals surface area (Å²) in [6.45, 7) is 10.7. The van der Waals surface area contributed by atoms with Gasteiger partial charge in [-0.15, -0.1) is 0 Å². The average molecular weight is 514 g/mol. The van der Waals surface area contributed by atoms with E-state index >= 15 is 0 Å². The molecule has 0 N–H and O–H groups in total. The summed E-state index contributed by atoms with van der Waals surface area (Å²) >= 11 is 1.48. The van der Waals surface area contributed by atoms with Crippen molar-refractivity contribution in [3.63, 3.8) is 0 Å². The molecule has 1 aromatic heterocycles. The van der Waals surface area contributed by atoms with E-state index < -0.39 is 5.60 Å². The van der Waals surface area contributed by atoms with Gasteiger partial charge in [0.15, 0.2) is 5.16 Å². The summed E-state index contributed by atoms with van der Waals surface area (Å²) in [6, 6.07) is 9.66. The number of nitrogens with zero attached hydrogens (tertiary/aromatic N) is 5. The quantitative estimate of drug-likeness (QED) is 0.441. The summed E-state index contributed by atoms with van der Waals surface area (Å²) in [5.74, 6) is 0.900. The number of anilines is 1. The lowest BCUT2D eigenvalue weighted by molar-refractivity contribution is 0.0220. The predicted molar refractivity (Wildman–Crippen MR) is 139 cm³/mol. The first-order chi connectivity index (χ1) is 17.1. The maximum atomic E-state index is 12.8. The minimum Gasteiger partial charge on any atom is -0.445 e. The van der Waals surface area contributed by atoms with Crippen molar-refractivity contribution >= 4 is 29.8 Å². The maximum Gasteiger partial charge on any atom is 0.410 e. The number of thioether (sulfide) groups is 1. The number of fused-ring (bicyclic) bond motifs is 1. The second kappa shape index (κ2) is 10.9. The van der Waals surface area contributed by atoms with Crippen LogP contribution in [0.4, 0.5) is 15.4 Å². The standard InChI is InChI=1S/C26H35N5O4S/c1-18-15-29(13-14-31(18)25(33)34-17-19-9-7-6-8-10-19)22-20-11-12-30(24(32)35-26(2,3)4)16-21(20)27-23(28-22)36-5/h6-10,18H,11-17H2,1-5H3/t18-/m1/s1. The number of amides is 2. The number of hydrogen-bond donors (Lipinski definition) is 0. The third kappa shape index (κ3) is 6.21. The van der Waals surface area contributed by atoms with Crippen LogP contribution in [-0.2, 0) is 29.0 Å². The molecule has 2 aromatic rings. The molecule has 1 atom stereocenters. The molecular formula is C26H35N5O4S. The van der Waals surface area contributed by atoms with Gasteiger partial charge in [0.2, 0.25) is 0 Å². The van der Waals surface area contributed by atoms with Gasteiger partial charge in [0.1, 0.15) is 18.0 Å². The average Bonchev–Trinajstić information content (AvgIpc) is 2.85. The van der Waals surface area contributed by atoms with Crippen LogP contribution < -0.4 is 4.90 Å². The molecule has 4 rings (SSSR count). The third-order valence-corrected chi connectivity index (χ3v) is 6.77. The zero-order chi connectivity index (χ0) is 25.9. The Labute approximate surface area is 217 Å². The summed E-state index contributed by atoms with van der Waals surface area (Å²) < 4.78 is 11.1. The normalized spacial score (nSPS) is 18.0. The van der Waals surface area contributed by atoms with Crippen molar-refractivity contribution in [3.05, 3.63) is 47.2 Å². The van der Waals surface area contributed by atoms with Crippen molar-refractivity contribution in [2.45, 2.75) is 64.1 Å². The van der Waals surface area contributed by atoms with Crippen LogP contribution in [0.2, 0.25) is 0 Å². The fourth-order valence-electron chi connectivity index (χ4n) is 4.45. The molecule has 0 saturated carbocycles. The second-order valence-corrected chi connectivity index (χ2v) is 10.9. The molecule has 2 aliphatic rings. The van der Waals surface area contributed by atoms with E-state index in [-0.39, 0.29) is 24.8 Å². The van der Waals surface area contributed by atoms with E-state index in [1.807, 2.05) is 64.3 Å². The lowest BCUT2D eigenvalue weighted by Gasteiger charge is -2.41. The minimum absolute atomic E-state index is 0.0350. The molecule has 194 valence electrons. The Morgan fingerprint density at radius 1 is 1.08 bits per heavy atom. The van der Waals surface area contributed by atoms with Crippen LogP contribution >= 0.6 is 11.8 Å². The summed E-state index contributed by atoms with van der Waals surface area (Å²) in [6.07, 6.45) is 1.99. The van der Waals surface area contributed by atoms with E-state index in [0.29, 0.717) is 44.3 Å². The molecule has 1 fully saturated rings. The number of hydrogen-bond acceptors (Lipinski definition) is 8. The lowest BCUT2D eigenvalue weighted by Crippen LogP contribution is -2.54. The van der Waals surface area contributed by atoms with Crippen LogP contribution in [-0.4, -0.2) is 76.0 Å². The van der Waals surface area contributed by atoms with Gasteiger partial charge < -0.3 is 24.2 Å². The second-order valence-electron chi connectivity index (χ2n) is 10.1. The van der Waals surface area contributed by atoms with Crippen molar-refractivity contribution in [1.29, 1.82) is 0 Å². The molecule has 9 nitrogen and oxygen atoms in total. The highest BCUT2D eigenvalue weighted by Crippen LogP contribution is 2.31. The summed E-state index contributed by atoms with van der Waals surface area (Å²) in [7, 11) is 0. The minimum atomic E-state index is -0.545. The Bertz CT molecular complexity index is 1090. The van der Waals surface area contributed by atoms with Gasteiger partial charge >= 0.3 is 12.2 Å². The Balaban J connectivity index is 1.44. The molecular weight excluding hydrogens is 478 g/mol. The highest BCUT2D eigenvalue weighted by Gasteiger charge is 2.33. The van der Waals surface area contributed by atoms with Crippen molar-refractivity contribution in [2.24, 2.45) is 0 Å². The zero-order valence-electron chi connectivity index (χ0n) is 21.7. The molecule has 36 heavy (non-hydrogen) atoms. The Morgan fingerprint density at radius 2 is 1.83 bits per heavy atom. The number of ether oxygens (including phenoxy) is 2. The van der Waals surface area contributed by atoms with Crippen LogP contribution in [0.15, 0.2) is 35.5 Å². The summed E-state index contributed by atoms with van der Waals surface area (Å²) in [4.78, 5) is 40.7. The van der Waals surface area contributed by atoms with E-state index in [2.05, 4.69) is 4.90 Å². The van der Waals surface area contributed by atoms with Gasteiger partial charge in [-0.25, -0.2) is 19.6 Å². The molecule has 1 saturated heterocycles. The van der Waals surface area contributed by atoms with E-state index in [1.54, 1.807) is 9.80 Å². The van der Waals surface area contributed by atoms with Crippen molar-refractivity contribution in [2.75, 3.05) is 37.3 Å². The van der Waals surface area contributed by atoms with Gasteiger partial charge in [-0.05, 0) is 45.9 Å². The SMILES string of the molecule is CSc1nc2c(c(N3CCN(C(=O)OCc4ccccc4)[C@H](C)C3)n1)CCN(C(=O)OC(C)(C)C)C2. The number of piperazine rings is 1. The highest BCUT2D eigenvalue weighted by atomic mass is 32.2. The number of carbonyl (C=O) groups excluding carboxylic acids is 2. The van der Waals surface area contributed by atoms with E-state index in [0.717, 1.165) is 22.6 Å². The van der Waals surface area contributed by atoms with Crippen LogP contribution in [0.3, 0.4) is 0 Å². The lowest BCUT2D eigenvalue weighted by atomic mass is 10.0. The number of benzene rings is 1. The monoisotopic (exact) mass is 513 g/mol. The summed E-state index contributed by atoms with van der Waals surface area (Å²) in [5.41, 5.74) is 2.35. The van der Waals surface area contributed by atoms with Crippen LogP contribution in [0.25, 0.3) is 0 Å². The molecule has 10 heteroatoms. The van der Waals surface area contributed by atoms with Gasteiger partial charge in [-0.2, -0.15) is 0 Å². The molecule has 3 heterocycles. The van der Waals surface area contributed by atoms with Crippen molar-refractivity contribution in [3.8, 4) is 0 Å². The molecule has 0 spiro atoms. The fraction of sp³-hybridized carbons (Fsp3) is 0.538. The first-order valence-corrected chi connectivity index (χ1v) is 13.5. The largest absolute Gasteiger partial charge is 0.445 e. The molecule has 0 bridgehead atoms. The predicted octanol–water partition coefficient (Wildman–Crippen LogP) is 4.34. The Morgan fingerprint density at radius 3 is 2.50 bits per heavy atom. The fourth-order valence-corrected chi connectivity index (χ4v) is 4.83. The van der Waals surface area contributed by atoms with Gasteiger partial charge in [0.25, 0.3) is 0 Å². The van der Waals surface area contributed by atoms with Gasteiger partial charge in [0.05, 0.1) is 12.2 Å². The van der Waals surface area contributed by atoms with E-state index in [9.17, 15) is 9.59 Å². The zero-order valence-corrected chi connectivity index (χ0v) is 22.5. The van der Waals surface area contributed by atoms with Crippen LogP contribution in [0.5, 0.6) is 0 Å². The molecule has 2 aliphatic heterocycles. The van der Waals surface area contributed by atoms with E-state index in [4.69, 9.17) is 19.4 Å². The number of aromatic nitrogens is 2. The first kappa shape index (κ1) is 26.1. The first-order valence-electron chi connectivity index (χ1n) is 12.3. The molecule has 0 aliphatic carbocycles. The smallest absolute Gasteiger partial charge is 0.410 e. The molecule has 2 amide bonds. The topological polar surface area (TPSA) is 88.1 Å². The highest BCUT2D eigenvalue weighted by molar-refractivity contribution is 7.98. The molecule has 0 unspecified atom stereocenters. The van der Waals surface area contributed by atoms with Crippen molar-refractivity contribution < 1.29 is 19.1 Å². The van der Waals surface area contributed by atoms with Crippen molar-refractivity contribution in [1.82, 2.24) is 19.8 Å². The molecule has 0 radical (unpaired) electrons. The van der Waals surface area contributed by atoms with E-state index in [1.165, 1.54) is 11.8 Å². The van der Waals surface area contributed by atoms with Crippen LogP contribution in [0, 0.1) is 0 Å². The number of carbonyl (C=O) groups is 2. The number of rotatable bonds is 4.